The van der Waals surface area contributed by atoms with Crippen LogP contribution in [-0.4, -0.2) is 52.4 Å². The van der Waals surface area contributed by atoms with Crippen LogP contribution in [0.3, 0.4) is 0 Å². The van der Waals surface area contributed by atoms with Gasteiger partial charge in [-0.3, -0.25) is 0 Å². The first-order valence-electron chi connectivity index (χ1n) is 9.94. The van der Waals surface area contributed by atoms with E-state index in [2.05, 4.69) is 16.0 Å². The van der Waals surface area contributed by atoms with Crippen LogP contribution in [0, 0.1) is 0 Å². The lowest BCUT2D eigenvalue weighted by atomic mass is 10.1. The first kappa shape index (κ1) is 22.8. The summed E-state index contributed by atoms with van der Waals surface area (Å²) in [6.07, 6.45) is 12.8. The molecule has 0 unspecified atom stereocenters. The monoisotopic (exact) mass is 329 g/mol. The average molecular weight is 330 g/mol. The van der Waals surface area contributed by atoms with E-state index in [-0.39, 0.29) is 0 Å². The van der Waals surface area contributed by atoms with Gasteiger partial charge in [0.1, 0.15) is 0 Å². The van der Waals surface area contributed by atoms with Crippen molar-refractivity contribution in [2.45, 2.75) is 64.2 Å². The summed E-state index contributed by atoms with van der Waals surface area (Å²) in [5.41, 5.74) is 11.0. The molecule has 0 aromatic heterocycles. The van der Waals surface area contributed by atoms with Gasteiger partial charge in [0.25, 0.3) is 0 Å². The molecule has 0 fully saturated rings. The van der Waals surface area contributed by atoms with Crippen molar-refractivity contribution in [2.24, 2.45) is 11.5 Å². The van der Waals surface area contributed by atoms with E-state index in [9.17, 15) is 0 Å². The summed E-state index contributed by atoms with van der Waals surface area (Å²) >= 11 is 0. The molecule has 0 saturated heterocycles. The second kappa shape index (κ2) is 21.8. The molecule has 0 heterocycles. The Morgan fingerprint density at radius 2 is 0.652 bits per heavy atom. The molecule has 0 aromatic rings. The lowest BCUT2D eigenvalue weighted by Crippen LogP contribution is -2.33. The molecule has 0 aliphatic heterocycles. The molecule has 0 bridgehead atoms. The third-order valence-electron chi connectivity index (χ3n) is 4.07. The number of rotatable bonds is 20. The van der Waals surface area contributed by atoms with E-state index in [0.29, 0.717) is 0 Å². The lowest BCUT2D eigenvalue weighted by molar-refractivity contribution is 0.542. The quantitative estimate of drug-likeness (QED) is 0.219. The number of nitrogens with two attached hydrogens (primary N) is 2. The van der Waals surface area contributed by atoms with Crippen molar-refractivity contribution < 1.29 is 0 Å². The van der Waals surface area contributed by atoms with Crippen LogP contribution < -0.4 is 27.4 Å². The topological polar surface area (TPSA) is 88.1 Å². The summed E-state index contributed by atoms with van der Waals surface area (Å²) < 4.78 is 0. The molecule has 0 saturated carbocycles. The molecule has 23 heavy (non-hydrogen) atoms. The molecule has 0 radical (unpaired) electrons. The predicted molar refractivity (Wildman–Crippen MR) is 103 cm³/mol. The van der Waals surface area contributed by atoms with Gasteiger partial charge < -0.3 is 27.4 Å². The Labute approximate surface area is 144 Å². The maximum Gasteiger partial charge on any atom is 0.00772 e. The van der Waals surface area contributed by atoms with Gasteiger partial charge in [-0.2, -0.15) is 0 Å². The largest absolute Gasteiger partial charge is 0.330 e. The molecule has 0 aromatic carbocycles. The van der Waals surface area contributed by atoms with Gasteiger partial charge in [0, 0.05) is 26.2 Å². The molecule has 0 aliphatic carbocycles. The van der Waals surface area contributed by atoms with Crippen molar-refractivity contribution in [2.75, 3.05) is 52.4 Å². The molecular formula is C18H43N5. The van der Waals surface area contributed by atoms with Gasteiger partial charge in [-0.05, 0) is 51.9 Å². The van der Waals surface area contributed by atoms with E-state index in [4.69, 9.17) is 11.5 Å². The van der Waals surface area contributed by atoms with Crippen LogP contribution >= 0.6 is 0 Å². The number of nitrogens with one attached hydrogen (secondary N) is 3. The molecule has 0 spiro atoms. The molecule has 7 N–H and O–H groups in total. The van der Waals surface area contributed by atoms with Gasteiger partial charge in [0.2, 0.25) is 0 Å². The molecule has 5 heteroatoms. The first-order chi connectivity index (χ1) is 11.4. The van der Waals surface area contributed by atoms with E-state index in [1.165, 1.54) is 64.2 Å². The van der Waals surface area contributed by atoms with Crippen LogP contribution in [0.4, 0.5) is 0 Å². The molecule has 0 amide bonds. The van der Waals surface area contributed by atoms with Crippen molar-refractivity contribution in [3.05, 3.63) is 0 Å². The molecule has 0 aliphatic rings. The highest BCUT2D eigenvalue weighted by atomic mass is 15.0. The fourth-order valence-corrected chi connectivity index (χ4v) is 2.58. The van der Waals surface area contributed by atoms with Crippen LogP contribution in [0.2, 0.25) is 0 Å². The number of hydrogen-bond acceptors (Lipinski definition) is 5. The van der Waals surface area contributed by atoms with Crippen molar-refractivity contribution in [3.63, 3.8) is 0 Å². The Hall–Kier alpha value is -0.200. The van der Waals surface area contributed by atoms with Crippen LogP contribution in [0.25, 0.3) is 0 Å². The zero-order valence-electron chi connectivity index (χ0n) is 15.4. The number of unbranched alkanes of at least 4 members (excludes halogenated alkanes) is 8. The summed E-state index contributed by atoms with van der Waals surface area (Å²) in [4.78, 5) is 0. The van der Waals surface area contributed by atoms with Crippen molar-refractivity contribution in [1.82, 2.24) is 16.0 Å². The maximum absolute atomic E-state index is 5.48. The number of hydrogen-bond donors (Lipinski definition) is 5. The Bertz CT molecular complexity index is 182. The summed E-state index contributed by atoms with van der Waals surface area (Å²) in [7, 11) is 0. The lowest BCUT2D eigenvalue weighted by Gasteiger charge is -2.08. The molecule has 0 atom stereocenters. The van der Waals surface area contributed by atoms with Crippen molar-refractivity contribution in [1.29, 1.82) is 0 Å². The standard InChI is InChI=1S/C18H43N5/c19-11-7-3-1-5-9-13-21-15-17-23-18-16-22-14-10-6-2-4-8-12-20/h21-23H,1-20H2. The van der Waals surface area contributed by atoms with E-state index < -0.39 is 0 Å². The highest BCUT2D eigenvalue weighted by Gasteiger charge is 1.92. The Kier molecular flexibility index (Phi) is 21.6. The van der Waals surface area contributed by atoms with E-state index in [1.54, 1.807) is 0 Å². The van der Waals surface area contributed by atoms with Crippen LogP contribution in [0.5, 0.6) is 0 Å². The summed E-state index contributed by atoms with van der Waals surface area (Å²) in [6, 6.07) is 0. The van der Waals surface area contributed by atoms with Crippen molar-refractivity contribution >= 4 is 0 Å². The summed E-state index contributed by atoms with van der Waals surface area (Å²) in [5.74, 6) is 0. The molecule has 5 nitrogen and oxygen atoms in total. The highest BCUT2D eigenvalue weighted by Crippen LogP contribution is 2.01. The fourth-order valence-electron chi connectivity index (χ4n) is 2.58. The van der Waals surface area contributed by atoms with Gasteiger partial charge >= 0.3 is 0 Å². The van der Waals surface area contributed by atoms with Gasteiger partial charge in [-0.15, -0.1) is 0 Å². The third-order valence-corrected chi connectivity index (χ3v) is 4.07. The minimum Gasteiger partial charge on any atom is -0.330 e. The minimum atomic E-state index is 0.841. The van der Waals surface area contributed by atoms with Crippen LogP contribution in [0.15, 0.2) is 0 Å². The highest BCUT2D eigenvalue weighted by molar-refractivity contribution is 4.56. The van der Waals surface area contributed by atoms with Gasteiger partial charge in [0.15, 0.2) is 0 Å². The average Bonchev–Trinajstić information content (AvgIpc) is 2.57. The Balaban J connectivity index is 2.92. The molecule has 140 valence electrons. The van der Waals surface area contributed by atoms with Gasteiger partial charge in [0.05, 0.1) is 0 Å². The van der Waals surface area contributed by atoms with E-state index in [0.717, 1.165) is 52.4 Å². The van der Waals surface area contributed by atoms with E-state index >= 15 is 0 Å². The zero-order valence-corrected chi connectivity index (χ0v) is 15.4. The normalized spacial score (nSPS) is 11.2. The SMILES string of the molecule is NCCCCCCCNCCNCCNCCCCCCCN. The van der Waals surface area contributed by atoms with E-state index in [1.807, 2.05) is 0 Å². The fraction of sp³-hybridized carbons (Fsp3) is 1.00. The van der Waals surface area contributed by atoms with Gasteiger partial charge in [-0.1, -0.05) is 38.5 Å². The predicted octanol–water partition coefficient (Wildman–Crippen LogP) is 1.57. The Morgan fingerprint density at radius 1 is 0.348 bits per heavy atom. The Morgan fingerprint density at radius 3 is 1.04 bits per heavy atom. The summed E-state index contributed by atoms with van der Waals surface area (Å²) in [6.45, 7) is 8.25. The van der Waals surface area contributed by atoms with Gasteiger partial charge in [-0.25, -0.2) is 0 Å². The molecular weight excluding hydrogens is 286 g/mol. The third kappa shape index (κ3) is 21.8. The second-order valence-electron chi connectivity index (χ2n) is 6.36. The van der Waals surface area contributed by atoms with Crippen LogP contribution in [-0.2, 0) is 0 Å². The van der Waals surface area contributed by atoms with Crippen molar-refractivity contribution in [3.8, 4) is 0 Å². The minimum absolute atomic E-state index is 0.841. The molecule has 0 rings (SSSR count). The maximum atomic E-state index is 5.48. The van der Waals surface area contributed by atoms with Crippen LogP contribution in [0.1, 0.15) is 64.2 Å². The second-order valence-corrected chi connectivity index (χ2v) is 6.36. The first-order valence-corrected chi connectivity index (χ1v) is 9.94. The zero-order chi connectivity index (χ0) is 16.8. The summed E-state index contributed by atoms with van der Waals surface area (Å²) in [5, 5.41) is 10.5. The smallest absolute Gasteiger partial charge is 0.00772 e.